The van der Waals surface area contributed by atoms with Gasteiger partial charge in [0, 0.05) is 11.1 Å². The Morgan fingerprint density at radius 1 is 1.43 bits per heavy atom. The zero-order chi connectivity index (χ0) is 10.1. The second kappa shape index (κ2) is 3.25. The Morgan fingerprint density at radius 2 is 2.21 bits per heavy atom. The second-order valence-electron chi connectivity index (χ2n) is 3.13. The normalized spacial score (nSPS) is 13.0. The molecule has 0 aliphatic rings. The van der Waals surface area contributed by atoms with E-state index in [0.717, 1.165) is 17.2 Å². The molecule has 0 bridgehead atoms. The molecule has 0 saturated heterocycles. The van der Waals surface area contributed by atoms with Gasteiger partial charge in [0.25, 0.3) is 0 Å². The Morgan fingerprint density at radius 3 is 2.86 bits per heavy atom. The lowest BCUT2D eigenvalue weighted by molar-refractivity contribution is 0.112. The number of nitrogens with one attached hydrogen (secondary N) is 1. The second-order valence-corrected chi connectivity index (χ2v) is 3.13. The molecule has 1 unspecified atom stereocenters. The van der Waals surface area contributed by atoms with Gasteiger partial charge >= 0.3 is 0 Å². The Labute approximate surface area is 80.3 Å². The van der Waals surface area contributed by atoms with Gasteiger partial charge in [-0.15, -0.1) is 0 Å². The van der Waals surface area contributed by atoms with E-state index in [4.69, 9.17) is 10.8 Å². The number of carbonyl (C=O) groups excluding carboxylic acids is 1. The quantitative estimate of drug-likeness (QED) is 0.487. The van der Waals surface area contributed by atoms with E-state index in [0.29, 0.717) is 11.3 Å². The van der Waals surface area contributed by atoms with Gasteiger partial charge in [-0.25, -0.2) is 0 Å². The highest BCUT2D eigenvalue weighted by Crippen LogP contribution is 2.18. The molecule has 0 amide bonds. The van der Waals surface area contributed by atoms with Crippen LogP contribution in [0.15, 0.2) is 24.3 Å². The number of nitrogens with two attached hydrogens (primary N) is 1. The average Bonchev–Trinajstić information content (AvgIpc) is 2.59. The van der Waals surface area contributed by atoms with E-state index in [9.17, 15) is 4.79 Å². The number of H-pyrrole nitrogens is 1. The number of aromatic amines is 1. The highest BCUT2D eigenvalue weighted by Gasteiger charge is 2.05. The van der Waals surface area contributed by atoms with Gasteiger partial charge in [-0.2, -0.15) is 0 Å². The lowest BCUT2D eigenvalue weighted by atomic mass is 10.2. The highest BCUT2D eigenvalue weighted by atomic mass is 16.3. The van der Waals surface area contributed by atoms with Crippen molar-refractivity contribution in [2.75, 3.05) is 0 Å². The number of aldehydes is 1. The molecule has 2 rings (SSSR count). The van der Waals surface area contributed by atoms with Crippen LogP contribution in [0.4, 0.5) is 0 Å². The fourth-order valence-electron chi connectivity index (χ4n) is 1.40. The summed E-state index contributed by atoms with van der Waals surface area (Å²) < 4.78 is 0. The zero-order valence-electron chi connectivity index (χ0n) is 7.40. The minimum Gasteiger partial charge on any atom is -0.373 e. The monoisotopic (exact) mass is 190 g/mol. The van der Waals surface area contributed by atoms with Crippen LogP contribution in [0.2, 0.25) is 0 Å². The number of hydrogen-bond acceptors (Lipinski definition) is 3. The van der Waals surface area contributed by atoms with Crippen LogP contribution in [-0.2, 0) is 0 Å². The zero-order valence-corrected chi connectivity index (χ0v) is 7.40. The van der Waals surface area contributed by atoms with Crippen LogP contribution in [0.5, 0.6) is 0 Å². The van der Waals surface area contributed by atoms with E-state index < -0.39 is 6.23 Å². The SMILES string of the molecule is NC(O)c1cc2ccc(C=O)cc2[nH]1. The number of benzene rings is 1. The van der Waals surface area contributed by atoms with E-state index in [-0.39, 0.29) is 0 Å². The Hall–Kier alpha value is -1.65. The van der Waals surface area contributed by atoms with Gasteiger partial charge in [-0.05, 0) is 17.5 Å². The molecule has 1 heterocycles. The maximum Gasteiger partial charge on any atom is 0.150 e. The minimum absolute atomic E-state index is 0.544. The standard InChI is InChI=1S/C10H10N2O2/c11-10(14)9-4-7-2-1-6(5-13)3-8(7)12-9/h1-5,10,12,14H,11H2. The summed E-state index contributed by atoms with van der Waals surface area (Å²) in [5.74, 6) is 0. The summed E-state index contributed by atoms with van der Waals surface area (Å²) in [4.78, 5) is 13.4. The molecule has 0 spiro atoms. The first-order valence-electron chi connectivity index (χ1n) is 4.22. The van der Waals surface area contributed by atoms with Crippen molar-refractivity contribution in [3.8, 4) is 0 Å². The summed E-state index contributed by atoms with van der Waals surface area (Å²) >= 11 is 0. The number of fused-ring (bicyclic) bond motifs is 1. The molecule has 0 aliphatic carbocycles. The van der Waals surface area contributed by atoms with Crippen molar-refractivity contribution in [3.05, 3.63) is 35.5 Å². The van der Waals surface area contributed by atoms with Crippen LogP contribution in [0.1, 0.15) is 22.3 Å². The van der Waals surface area contributed by atoms with Gasteiger partial charge < -0.3 is 15.8 Å². The fraction of sp³-hybridized carbons (Fsp3) is 0.100. The molecule has 1 atom stereocenters. The average molecular weight is 190 g/mol. The molecule has 72 valence electrons. The third-order valence-corrected chi connectivity index (χ3v) is 2.12. The maximum atomic E-state index is 10.5. The lowest BCUT2D eigenvalue weighted by Gasteiger charge is -1.97. The molecule has 4 heteroatoms. The smallest absolute Gasteiger partial charge is 0.150 e. The first-order valence-corrected chi connectivity index (χ1v) is 4.22. The van der Waals surface area contributed by atoms with Gasteiger partial charge in [0.15, 0.2) is 0 Å². The number of aliphatic hydroxyl groups is 1. The predicted molar refractivity (Wildman–Crippen MR) is 52.8 cm³/mol. The number of aliphatic hydroxyl groups excluding tert-OH is 1. The first-order chi connectivity index (χ1) is 6.70. The molecule has 4 nitrogen and oxygen atoms in total. The van der Waals surface area contributed by atoms with Gasteiger partial charge in [-0.3, -0.25) is 4.79 Å². The Bertz CT molecular complexity index is 474. The van der Waals surface area contributed by atoms with Crippen molar-refractivity contribution in [3.63, 3.8) is 0 Å². The summed E-state index contributed by atoms with van der Waals surface area (Å²) in [6.07, 6.45) is -0.235. The molecule has 1 aromatic carbocycles. The molecule has 1 aromatic heterocycles. The molecule has 14 heavy (non-hydrogen) atoms. The Balaban J connectivity index is 2.59. The summed E-state index contributed by atoms with van der Waals surface area (Å²) in [6, 6.07) is 7.00. The number of carbonyl (C=O) groups is 1. The fourth-order valence-corrected chi connectivity index (χ4v) is 1.40. The third-order valence-electron chi connectivity index (χ3n) is 2.12. The molecular formula is C10H10N2O2. The summed E-state index contributed by atoms with van der Waals surface area (Å²) in [5.41, 5.74) is 7.24. The van der Waals surface area contributed by atoms with E-state index in [1.807, 2.05) is 0 Å². The van der Waals surface area contributed by atoms with Crippen molar-refractivity contribution < 1.29 is 9.90 Å². The molecule has 0 radical (unpaired) electrons. The van der Waals surface area contributed by atoms with Crippen molar-refractivity contribution in [2.24, 2.45) is 5.73 Å². The lowest BCUT2D eigenvalue weighted by Crippen LogP contribution is -2.08. The topological polar surface area (TPSA) is 79.1 Å². The van der Waals surface area contributed by atoms with E-state index in [1.54, 1.807) is 24.3 Å². The van der Waals surface area contributed by atoms with Crippen LogP contribution in [-0.4, -0.2) is 16.4 Å². The molecular weight excluding hydrogens is 180 g/mol. The van der Waals surface area contributed by atoms with Gasteiger partial charge in [0.05, 0.1) is 5.69 Å². The van der Waals surface area contributed by atoms with Crippen LogP contribution in [0.25, 0.3) is 10.9 Å². The van der Waals surface area contributed by atoms with Crippen molar-refractivity contribution in [1.29, 1.82) is 0 Å². The maximum absolute atomic E-state index is 10.5. The Kier molecular flexibility index (Phi) is 2.07. The van der Waals surface area contributed by atoms with Crippen LogP contribution in [0, 0.1) is 0 Å². The first kappa shape index (κ1) is 8.93. The van der Waals surface area contributed by atoms with Crippen molar-refractivity contribution in [1.82, 2.24) is 4.98 Å². The molecule has 0 fully saturated rings. The van der Waals surface area contributed by atoms with Crippen LogP contribution in [0.3, 0.4) is 0 Å². The predicted octanol–water partition coefficient (Wildman–Crippen LogP) is 0.930. The molecule has 2 aromatic rings. The van der Waals surface area contributed by atoms with E-state index >= 15 is 0 Å². The third kappa shape index (κ3) is 1.41. The van der Waals surface area contributed by atoms with Gasteiger partial charge in [0.2, 0.25) is 0 Å². The van der Waals surface area contributed by atoms with Gasteiger partial charge in [-0.1, -0.05) is 12.1 Å². The highest BCUT2D eigenvalue weighted by molar-refractivity contribution is 5.87. The summed E-state index contributed by atoms with van der Waals surface area (Å²) in [5, 5.41) is 10.1. The molecule has 4 N–H and O–H groups in total. The minimum atomic E-state index is -1.01. The summed E-state index contributed by atoms with van der Waals surface area (Å²) in [6.45, 7) is 0. The molecule has 0 saturated carbocycles. The summed E-state index contributed by atoms with van der Waals surface area (Å²) in [7, 11) is 0. The van der Waals surface area contributed by atoms with Crippen molar-refractivity contribution in [2.45, 2.75) is 6.23 Å². The number of hydrogen-bond donors (Lipinski definition) is 3. The van der Waals surface area contributed by atoms with Crippen LogP contribution >= 0.6 is 0 Å². The van der Waals surface area contributed by atoms with Crippen LogP contribution < -0.4 is 5.73 Å². The van der Waals surface area contributed by atoms with Gasteiger partial charge in [0.1, 0.15) is 12.5 Å². The molecule has 0 aliphatic heterocycles. The number of aromatic nitrogens is 1. The number of rotatable bonds is 2. The van der Waals surface area contributed by atoms with Crippen molar-refractivity contribution >= 4 is 17.2 Å². The van der Waals surface area contributed by atoms with E-state index in [2.05, 4.69) is 4.98 Å². The largest absolute Gasteiger partial charge is 0.373 e. The van der Waals surface area contributed by atoms with E-state index in [1.165, 1.54) is 0 Å².